The summed E-state index contributed by atoms with van der Waals surface area (Å²) in [7, 11) is 0. The molecule has 3 heterocycles. The van der Waals surface area contributed by atoms with Crippen LogP contribution in [0.3, 0.4) is 0 Å². The van der Waals surface area contributed by atoms with E-state index in [9.17, 15) is 18.0 Å². The lowest BCUT2D eigenvalue weighted by Crippen LogP contribution is -2.47. The second kappa shape index (κ2) is 8.48. The molecule has 29 heavy (non-hydrogen) atoms. The van der Waals surface area contributed by atoms with Gasteiger partial charge in [-0.3, -0.25) is 4.98 Å². The Hall–Kier alpha value is -3.13. The Morgan fingerprint density at radius 3 is 2.97 bits per heavy atom. The predicted octanol–water partition coefficient (Wildman–Crippen LogP) is 2.00. The number of hydrogen-bond acceptors (Lipinski definition) is 6. The number of carbonyl (C=O) groups excluding carboxylic acids is 1. The van der Waals surface area contributed by atoms with Crippen molar-refractivity contribution < 1.29 is 27.2 Å². The van der Waals surface area contributed by atoms with Gasteiger partial charge in [-0.25, -0.2) is 4.79 Å². The summed E-state index contributed by atoms with van der Waals surface area (Å²) < 4.78 is 52.0. The van der Waals surface area contributed by atoms with E-state index >= 15 is 0 Å². The van der Waals surface area contributed by atoms with Gasteiger partial charge >= 0.3 is 12.2 Å². The quantitative estimate of drug-likeness (QED) is 0.580. The lowest BCUT2D eigenvalue weighted by molar-refractivity contribution is -0.193. The fourth-order valence-electron chi connectivity index (χ4n) is 3.00. The second-order valence-electron chi connectivity index (χ2n) is 6.38. The molecule has 2 aromatic rings. The van der Waals surface area contributed by atoms with E-state index in [1.165, 1.54) is 6.20 Å². The monoisotopic (exact) mass is 409 g/mol. The van der Waals surface area contributed by atoms with Crippen LogP contribution in [0.1, 0.15) is 12.3 Å². The van der Waals surface area contributed by atoms with Gasteiger partial charge in [0.1, 0.15) is 12.3 Å². The van der Waals surface area contributed by atoms with E-state index in [0.717, 1.165) is 4.90 Å². The summed E-state index contributed by atoms with van der Waals surface area (Å²) in [6, 6.07) is 4.25. The lowest BCUT2D eigenvalue weighted by Gasteiger charge is -2.27. The number of hydrogen-bond donors (Lipinski definition) is 1. The number of likely N-dealkylation sites (tertiary alicyclic amines) is 1. The molecule has 1 fully saturated rings. The Kier molecular flexibility index (Phi) is 6.03. The zero-order valence-electron chi connectivity index (χ0n) is 15.3. The summed E-state index contributed by atoms with van der Waals surface area (Å²) in [4.78, 5) is 21.2. The average molecular weight is 409 g/mol. The smallest absolute Gasteiger partial charge is 0.367 e. The van der Waals surface area contributed by atoms with E-state index in [1.807, 2.05) is 0 Å². The van der Waals surface area contributed by atoms with Crippen molar-refractivity contribution in [3.05, 3.63) is 30.3 Å². The maximum atomic E-state index is 14.0. The van der Waals surface area contributed by atoms with Gasteiger partial charge in [-0.2, -0.15) is 18.2 Å². The first-order valence-corrected chi connectivity index (χ1v) is 8.74. The van der Waals surface area contributed by atoms with Crippen molar-refractivity contribution >= 4 is 6.03 Å². The van der Waals surface area contributed by atoms with Crippen LogP contribution in [0.4, 0.5) is 18.0 Å². The first-order chi connectivity index (χ1) is 13.9. The minimum Gasteiger partial charge on any atom is -0.367 e. The highest BCUT2D eigenvalue weighted by atomic mass is 19.4. The third kappa shape index (κ3) is 4.32. The predicted molar refractivity (Wildman–Crippen MR) is 94.5 cm³/mol. The molecule has 0 aromatic carbocycles. The van der Waals surface area contributed by atoms with Crippen molar-refractivity contribution in [3.63, 3.8) is 0 Å². The number of halogens is 3. The molecule has 0 spiro atoms. The molecule has 2 amide bonds. The van der Waals surface area contributed by atoms with Crippen LogP contribution in [0.2, 0.25) is 0 Å². The van der Waals surface area contributed by atoms with Crippen LogP contribution in [0.15, 0.2) is 28.9 Å². The molecule has 3 rings (SSSR count). The molecule has 0 bridgehead atoms. The fourth-order valence-corrected chi connectivity index (χ4v) is 3.00. The number of alkyl halides is 3. The highest BCUT2D eigenvalue weighted by Crippen LogP contribution is 2.47. The molecule has 1 aliphatic rings. The Morgan fingerprint density at radius 2 is 2.28 bits per heavy atom. The lowest BCUT2D eigenvalue weighted by atomic mass is 9.86. The molecular formula is C18H18F3N5O3. The molecule has 2 aromatic heterocycles. The summed E-state index contributed by atoms with van der Waals surface area (Å²) in [5.74, 6) is 1.64. The van der Waals surface area contributed by atoms with E-state index in [0.29, 0.717) is 5.69 Å². The number of nitrogens with zero attached hydrogens (tertiary/aromatic N) is 4. The van der Waals surface area contributed by atoms with Crippen molar-refractivity contribution in [2.24, 2.45) is 0 Å². The molecule has 0 aliphatic carbocycles. The molecular weight excluding hydrogens is 391 g/mol. The molecule has 0 radical (unpaired) electrons. The number of pyridine rings is 1. The number of nitrogens with one attached hydrogen (secondary N) is 1. The van der Waals surface area contributed by atoms with Gasteiger partial charge in [0, 0.05) is 25.8 Å². The van der Waals surface area contributed by atoms with Crippen LogP contribution >= 0.6 is 0 Å². The van der Waals surface area contributed by atoms with E-state index in [2.05, 4.69) is 26.4 Å². The van der Waals surface area contributed by atoms with Gasteiger partial charge in [0.2, 0.25) is 11.7 Å². The van der Waals surface area contributed by atoms with Gasteiger partial charge in [0.05, 0.1) is 6.61 Å². The number of aromatic nitrogens is 3. The van der Waals surface area contributed by atoms with Crippen molar-refractivity contribution in [2.75, 3.05) is 32.8 Å². The van der Waals surface area contributed by atoms with Crippen LogP contribution in [-0.2, 0) is 10.2 Å². The van der Waals surface area contributed by atoms with Gasteiger partial charge in [-0.05, 0) is 18.6 Å². The number of terminal acetylenes is 1. The van der Waals surface area contributed by atoms with Gasteiger partial charge < -0.3 is 19.5 Å². The zero-order chi connectivity index (χ0) is 20.9. The average Bonchev–Trinajstić information content (AvgIpc) is 3.36. The molecule has 1 aliphatic heterocycles. The van der Waals surface area contributed by atoms with Gasteiger partial charge in [-0.15, -0.1) is 6.42 Å². The third-order valence-electron chi connectivity index (χ3n) is 4.54. The number of amides is 2. The summed E-state index contributed by atoms with van der Waals surface area (Å²) in [6.45, 7) is -0.368. The van der Waals surface area contributed by atoms with Crippen LogP contribution in [0, 0.1) is 12.3 Å². The summed E-state index contributed by atoms with van der Waals surface area (Å²) >= 11 is 0. The first-order valence-electron chi connectivity index (χ1n) is 8.74. The summed E-state index contributed by atoms with van der Waals surface area (Å²) in [6.07, 6.45) is 1.43. The molecule has 11 heteroatoms. The van der Waals surface area contributed by atoms with Crippen molar-refractivity contribution in [1.29, 1.82) is 0 Å². The minimum atomic E-state index is -4.69. The summed E-state index contributed by atoms with van der Waals surface area (Å²) in [5, 5.41) is 6.14. The second-order valence-corrected chi connectivity index (χ2v) is 6.38. The number of urea groups is 1. The SMILES string of the molecule is C#CCOCCNC(=O)N1CCC(c2nc(-c3ccccn3)no2)(C(F)(F)F)C1. The minimum absolute atomic E-state index is 0.0437. The van der Waals surface area contributed by atoms with E-state index in [1.54, 1.807) is 18.2 Å². The van der Waals surface area contributed by atoms with E-state index < -0.39 is 30.1 Å². The normalized spacial score (nSPS) is 19.2. The first kappa shape index (κ1) is 20.6. The number of ether oxygens (including phenoxy) is 1. The molecule has 1 saturated heterocycles. The third-order valence-corrected chi connectivity index (χ3v) is 4.54. The standard InChI is InChI=1S/C18H18F3N5O3/c1-2-10-28-11-8-23-16(27)26-9-6-17(12-26,18(19,20)21)15-24-14(25-29-15)13-5-3-4-7-22-13/h1,3-5,7H,6,8-12H2,(H,23,27). The zero-order valence-corrected chi connectivity index (χ0v) is 15.3. The largest absolute Gasteiger partial charge is 0.405 e. The topological polar surface area (TPSA) is 93.4 Å². The fraction of sp³-hybridized carbons (Fsp3) is 0.444. The van der Waals surface area contributed by atoms with Crippen LogP contribution in [-0.4, -0.2) is 65.1 Å². The van der Waals surface area contributed by atoms with Crippen molar-refractivity contribution in [2.45, 2.75) is 18.0 Å². The molecule has 154 valence electrons. The number of carbonyl (C=O) groups is 1. The molecule has 1 unspecified atom stereocenters. The Morgan fingerprint density at radius 1 is 1.45 bits per heavy atom. The Balaban J connectivity index is 1.74. The van der Waals surface area contributed by atoms with Crippen LogP contribution in [0.5, 0.6) is 0 Å². The Labute approximate surface area is 164 Å². The molecule has 8 nitrogen and oxygen atoms in total. The van der Waals surface area contributed by atoms with Crippen LogP contribution in [0.25, 0.3) is 11.5 Å². The number of rotatable bonds is 6. The van der Waals surface area contributed by atoms with Crippen molar-refractivity contribution in [3.8, 4) is 23.9 Å². The molecule has 0 saturated carbocycles. The summed E-state index contributed by atoms with van der Waals surface area (Å²) in [5.41, 5.74) is -2.15. The molecule has 1 N–H and O–H groups in total. The maximum Gasteiger partial charge on any atom is 0.405 e. The maximum absolute atomic E-state index is 14.0. The van der Waals surface area contributed by atoms with Gasteiger partial charge in [0.15, 0.2) is 5.41 Å². The highest BCUT2D eigenvalue weighted by molar-refractivity contribution is 5.74. The van der Waals surface area contributed by atoms with Crippen molar-refractivity contribution in [1.82, 2.24) is 25.3 Å². The molecule has 1 atom stereocenters. The van der Waals surface area contributed by atoms with E-state index in [4.69, 9.17) is 15.7 Å². The van der Waals surface area contributed by atoms with Gasteiger partial charge in [0.25, 0.3) is 0 Å². The van der Waals surface area contributed by atoms with E-state index in [-0.39, 0.29) is 38.5 Å². The van der Waals surface area contributed by atoms with Crippen LogP contribution < -0.4 is 5.32 Å². The Bertz CT molecular complexity index is 881. The highest BCUT2D eigenvalue weighted by Gasteiger charge is 2.63. The van der Waals surface area contributed by atoms with Gasteiger partial charge in [-0.1, -0.05) is 17.1 Å².